The van der Waals surface area contributed by atoms with Crippen LogP contribution in [0.3, 0.4) is 0 Å². The monoisotopic (exact) mass is 593 g/mol. The lowest BCUT2D eigenvalue weighted by molar-refractivity contribution is -0.137. The average molecular weight is 594 g/mol. The molecule has 0 saturated carbocycles. The van der Waals surface area contributed by atoms with E-state index in [0.29, 0.717) is 22.3 Å². The van der Waals surface area contributed by atoms with E-state index in [1.165, 1.54) is 24.4 Å². The number of nitrogens with one attached hydrogen (secondary N) is 1. The quantitative estimate of drug-likeness (QED) is 0.207. The Hall–Kier alpha value is -3.70. The van der Waals surface area contributed by atoms with Crippen LogP contribution in [0.15, 0.2) is 83.9 Å². The van der Waals surface area contributed by atoms with E-state index in [2.05, 4.69) is 10.3 Å². The first kappa shape index (κ1) is 29.3. The number of carbonyl (C=O) groups is 1. The van der Waals surface area contributed by atoms with Gasteiger partial charge in [0.2, 0.25) is 0 Å². The van der Waals surface area contributed by atoms with Crippen molar-refractivity contribution in [2.75, 3.05) is 18.4 Å². The fourth-order valence-corrected chi connectivity index (χ4v) is 6.39. The van der Waals surface area contributed by atoms with E-state index in [4.69, 9.17) is 0 Å². The van der Waals surface area contributed by atoms with Crippen LogP contribution in [-0.4, -0.2) is 42.5 Å². The maximum atomic E-state index is 13.2. The topological polar surface area (TPSA) is 79.4 Å². The molecule has 0 atom stereocenters. The Morgan fingerprint density at radius 3 is 2.20 bits per heavy atom. The molecular weight excluding hydrogens is 570 g/mol. The molecular formula is C28H24ClF4N3O3S. The molecule has 1 aliphatic heterocycles. The van der Waals surface area contributed by atoms with Gasteiger partial charge in [-0.1, -0.05) is 6.07 Å². The number of rotatable bonds is 5. The van der Waals surface area contributed by atoms with Crippen molar-refractivity contribution in [2.24, 2.45) is 0 Å². The number of sulfone groups is 1. The highest BCUT2D eigenvalue weighted by Crippen LogP contribution is 2.33. The number of hydrogen-bond donors (Lipinski definition) is 1. The fourth-order valence-electron chi connectivity index (χ4n) is 4.65. The lowest BCUT2D eigenvalue weighted by Crippen LogP contribution is -2.42. The number of likely N-dealkylation sites (tertiary alicyclic amines) is 1. The number of amides is 1. The Bertz CT molecular complexity index is 1620. The number of nitrogens with zero attached hydrogens (tertiary/aromatic N) is 2. The first-order chi connectivity index (χ1) is 18.5. The van der Waals surface area contributed by atoms with Gasteiger partial charge in [-0.25, -0.2) is 12.8 Å². The first-order valence-electron chi connectivity index (χ1n) is 12.1. The second kappa shape index (κ2) is 11.4. The van der Waals surface area contributed by atoms with Gasteiger partial charge in [0.25, 0.3) is 5.91 Å². The minimum atomic E-state index is -4.46. The summed E-state index contributed by atoms with van der Waals surface area (Å²) in [7, 11) is -3.63. The first-order valence-corrected chi connectivity index (χ1v) is 13.7. The Kier molecular flexibility index (Phi) is 8.36. The number of piperidine rings is 1. The van der Waals surface area contributed by atoms with Gasteiger partial charge in [0, 0.05) is 41.6 Å². The Morgan fingerprint density at radius 1 is 0.925 bits per heavy atom. The van der Waals surface area contributed by atoms with Crippen molar-refractivity contribution in [1.29, 1.82) is 0 Å². The molecule has 3 aromatic carbocycles. The minimum absolute atomic E-state index is 0. The van der Waals surface area contributed by atoms with Crippen molar-refractivity contribution in [3.8, 4) is 0 Å². The smallest absolute Gasteiger partial charge is 0.355 e. The molecule has 1 amide bonds. The van der Waals surface area contributed by atoms with E-state index in [1.54, 1.807) is 35.2 Å². The molecule has 1 aromatic heterocycles. The minimum Gasteiger partial charge on any atom is -0.355 e. The summed E-state index contributed by atoms with van der Waals surface area (Å²) in [5, 5.41) is 3.02. The maximum Gasteiger partial charge on any atom is 0.416 e. The van der Waals surface area contributed by atoms with Crippen LogP contribution >= 0.6 is 12.4 Å². The van der Waals surface area contributed by atoms with Crippen molar-refractivity contribution in [3.05, 3.63) is 95.9 Å². The molecule has 210 valence electrons. The number of halogens is 5. The predicted octanol–water partition coefficient (Wildman–Crippen LogP) is 6.64. The molecule has 2 heterocycles. The standard InChI is InChI=1S/C28H23F4N3O3S.ClH/c29-20-4-8-22(9-5-20)39(37,38)23-12-15-35(16-13-23)27(36)18-1-6-21(7-2-18)34-25-11-14-33-26-17-19(28(30,31)32)3-10-24(25)26;/h1-11,14,17,23H,12-13,15-16H2,(H,33,34);1H. The van der Waals surface area contributed by atoms with Gasteiger partial charge in [-0.15, -0.1) is 12.4 Å². The number of anilines is 2. The lowest BCUT2D eigenvalue weighted by atomic mass is 10.1. The molecule has 1 saturated heterocycles. The van der Waals surface area contributed by atoms with E-state index in [-0.39, 0.29) is 54.7 Å². The van der Waals surface area contributed by atoms with Crippen LogP contribution in [0.25, 0.3) is 10.9 Å². The largest absolute Gasteiger partial charge is 0.416 e. The number of pyridine rings is 1. The molecule has 0 spiro atoms. The van der Waals surface area contributed by atoms with Gasteiger partial charge in [-0.05, 0) is 79.6 Å². The second-order valence-electron chi connectivity index (χ2n) is 9.28. The summed E-state index contributed by atoms with van der Waals surface area (Å²) in [5.41, 5.74) is 1.04. The van der Waals surface area contributed by atoms with Crippen LogP contribution in [0.1, 0.15) is 28.8 Å². The molecule has 0 bridgehead atoms. The Labute approximate surface area is 234 Å². The highest BCUT2D eigenvalue weighted by atomic mass is 35.5. The molecule has 0 unspecified atom stereocenters. The van der Waals surface area contributed by atoms with Gasteiger partial charge in [-0.2, -0.15) is 13.2 Å². The van der Waals surface area contributed by atoms with Crippen LogP contribution in [0.5, 0.6) is 0 Å². The van der Waals surface area contributed by atoms with E-state index in [0.717, 1.165) is 24.3 Å². The average Bonchev–Trinajstić information content (AvgIpc) is 2.93. The summed E-state index contributed by atoms with van der Waals surface area (Å²) in [6.07, 6.45) is -2.50. The van der Waals surface area contributed by atoms with Gasteiger partial charge in [-0.3, -0.25) is 9.78 Å². The van der Waals surface area contributed by atoms with Gasteiger partial charge >= 0.3 is 6.18 Å². The molecule has 0 radical (unpaired) electrons. The summed E-state index contributed by atoms with van der Waals surface area (Å²) in [6.45, 7) is 0.541. The summed E-state index contributed by atoms with van der Waals surface area (Å²) in [6, 6.07) is 16.4. The highest BCUT2D eigenvalue weighted by Gasteiger charge is 2.33. The van der Waals surface area contributed by atoms with Crippen molar-refractivity contribution in [3.63, 3.8) is 0 Å². The maximum absolute atomic E-state index is 13.2. The molecule has 0 aliphatic carbocycles. The van der Waals surface area contributed by atoms with E-state index < -0.39 is 32.6 Å². The van der Waals surface area contributed by atoms with Crippen LogP contribution in [0.2, 0.25) is 0 Å². The zero-order valence-corrected chi connectivity index (χ0v) is 22.5. The Morgan fingerprint density at radius 2 is 1.57 bits per heavy atom. The summed E-state index contributed by atoms with van der Waals surface area (Å²) >= 11 is 0. The molecule has 5 rings (SSSR count). The predicted molar refractivity (Wildman–Crippen MR) is 146 cm³/mol. The summed E-state index contributed by atoms with van der Waals surface area (Å²) < 4.78 is 78.1. The van der Waals surface area contributed by atoms with E-state index in [1.807, 2.05) is 0 Å². The third-order valence-corrected chi connectivity index (χ3v) is 9.07. The van der Waals surface area contributed by atoms with Gasteiger partial charge in [0.1, 0.15) is 5.82 Å². The lowest BCUT2D eigenvalue weighted by Gasteiger charge is -2.32. The fraction of sp³-hybridized carbons (Fsp3) is 0.214. The second-order valence-corrected chi connectivity index (χ2v) is 11.5. The normalized spacial score (nSPS) is 14.6. The molecule has 40 heavy (non-hydrogen) atoms. The van der Waals surface area contributed by atoms with Crippen molar-refractivity contribution in [1.82, 2.24) is 9.88 Å². The van der Waals surface area contributed by atoms with Crippen LogP contribution in [0, 0.1) is 5.82 Å². The van der Waals surface area contributed by atoms with Crippen molar-refractivity contribution >= 4 is 50.4 Å². The zero-order chi connectivity index (χ0) is 27.8. The van der Waals surface area contributed by atoms with E-state index in [9.17, 15) is 30.8 Å². The SMILES string of the molecule is Cl.O=C(c1ccc(Nc2ccnc3cc(C(F)(F)F)ccc23)cc1)N1CCC(S(=O)(=O)c2ccc(F)cc2)CC1. The number of benzene rings is 3. The molecule has 1 fully saturated rings. The number of aromatic nitrogens is 1. The zero-order valence-electron chi connectivity index (χ0n) is 20.9. The Balaban J connectivity index is 0.00000370. The molecule has 1 aliphatic rings. The summed E-state index contributed by atoms with van der Waals surface area (Å²) in [5.74, 6) is -0.738. The molecule has 6 nitrogen and oxygen atoms in total. The molecule has 12 heteroatoms. The summed E-state index contributed by atoms with van der Waals surface area (Å²) in [4.78, 5) is 18.8. The van der Waals surface area contributed by atoms with Crippen molar-refractivity contribution < 1.29 is 30.8 Å². The number of carbonyl (C=O) groups excluding carboxylic acids is 1. The van der Waals surface area contributed by atoms with Crippen LogP contribution in [-0.2, 0) is 16.0 Å². The van der Waals surface area contributed by atoms with Gasteiger partial charge in [0.15, 0.2) is 9.84 Å². The number of alkyl halides is 3. The van der Waals surface area contributed by atoms with Crippen LogP contribution in [0.4, 0.5) is 28.9 Å². The third-order valence-electron chi connectivity index (χ3n) is 6.79. The third kappa shape index (κ3) is 6.05. The van der Waals surface area contributed by atoms with Crippen LogP contribution < -0.4 is 5.32 Å². The highest BCUT2D eigenvalue weighted by molar-refractivity contribution is 7.92. The molecule has 4 aromatic rings. The van der Waals surface area contributed by atoms with Crippen molar-refractivity contribution in [2.45, 2.75) is 29.2 Å². The van der Waals surface area contributed by atoms with E-state index >= 15 is 0 Å². The molecule has 1 N–H and O–H groups in total. The van der Waals surface area contributed by atoms with Gasteiger partial charge < -0.3 is 10.2 Å². The number of hydrogen-bond acceptors (Lipinski definition) is 5. The van der Waals surface area contributed by atoms with Gasteiger partial charge in [0.05, 0.1) is 21.2 Å². The number of fused-ring (bicyclic) bond motifs is 1.